The number of piperidine rings is 1. The zero-order valence-electron chi connectivity index (χ0n) is 27.6. The van der Waals surface area contributed by atoms with Crippen LogP contribution in [0, 0.1) is 5.92 Å². The average Bonchev–Trinajstić information content (AvgIpc) is 3.34. The highest BCUT2D eigenvalue weighted by Gasteiger charge is 2.36. The Morgan fingerprint density at radius 3 is 1.96 bits per heavy atom. The van der Waals surface area contributed by atoms with Crippen molar-refractivity contribution in [3.8, 4) is 0 Å². The number of carbonyl (C=O) groups excluding carboxylic acids is 3. The fourth-order valence-electron chi connectivity index (χ4n) is 5.57. The van der Waals surface area contributed by atoms with Gasteiger partial charge in [0.05, 0.1) is 16.1 Å². The molecule has 2 heterocycles. The summed E-state index contributed by atoms with van der Waals surface area (Å²) in [6.07, 6.45) is 2.03. The first kappa shape index (κ1) is 34.6. The second-order valence-electron chi connectivity index (χ2n) is 14.7. The van der Waals surface area contributed by atoms with E-state index in [0.29, 0.717) is 47.1 Å². The topological polar surface area (TPSA) is 87.1 Å². The van der Waals surface area contributed by atoms with Crippen molar-refractivity contribution in [2.75, 3.05) is 13.1 Å². The van der Waals surface area contributed by atoms with E-state index in [1.54, 1.807) is 29.3 Å². The summed E-state index contributed by atoms with van der Waals surface area (Å²) in [6, 6.07) is 10.9. The van der Waals surface area contributed by atoms with Crippen molar-refractivity contribution in [3.63, 3.8) is 0 Å². The van der Waals surface area contributed by atoms with Gasteiger partial charge >= 0.3 is 18.2 Å². The minimum atomic E-state index is -0.677. The number of aromatic nitrogens is 1. The third kappa shape index (κ3) is 8.73. The van der Waals surface area contributed by atoms with Crippen molar-refractivity contribution in [1.82, 2.24) is 9.47 Å². The third-order valence-electron chi connectivity index (χ3n) is 7.42. The van der Waals surface area contributed by atoms with Crippen LogP contribution in [-0.2, 0) is 20.6 Å². The minimum absolute atomic E-state index is 0.0721. The normalized spacial score (nSPS) is 17.7. The Morgan fingerprint density at radius 2 is 1.38 bits per heavy atom. The molecule has 1 saturated heterocycles. The molecular weight excluding hydrogens is 615 g/mol. The average molecular weight is 660 g/mol. The Morgan fingerprint density at radius 1 is 0.800 bits per heavy atom. The van der Waals surface area contributed by atoms with E-state index in [0.717, 1.165) is 16.5 Å². The standard InChI is InChI=1S/C35H44Cl2N2O6/c1-33(2,3)43-30(40)22-12-10-21(11-13-22)26-20-38(31(41)44-34(4,5)6)16-14-23(26)18-25-24-15-17-39(32(42)45-35(7,8)9)29(24)28(37)19-27(25)36/h10-13,15,17,19,23,26H,14,16,18,20H2,1-9H3/t23-,26-/m0/s1. The second kappa shape index (κ2) is 12.9. The van der Waals surface area contributed by atoms with Gasteiger partial charge in [0.25, 0.3) is 0 Å². The predicted molar refractivity (Wildman–Crippen MR) is 178 cm³/mol. The molecule has 10 heteroatoms. The van der Waals surface area contributed by atoms with E-state index in [1.807, 2.05) is 80.5 Å². The van der Waals surface area contributed by atoms with Crippen molar-refractivity contribution in [2.45, 2.75) is 97.9 Å². The molecule has 0 N–H and O–H groups in total. The third-order valence-corrected chi connectivity index (χ3v) is 8.04. The molecule has 0 bridgehead atoms. The molecule has 2 atom stereocenters. The maximum atomic E-state index is 13.1. The number of fused-ring (bicyclic) bond motifs is 1. The van der Waals surface area contributed by atoms with Crippen LogP contribution in [-0.4, -0.2) is 57.5 Å². The van der Waals surface area contributed by atoms with Crippen LogP contribution in [0.3, 0.4) is 0 Å². The van der Waals surface area contributed by atoms with Crippen LogP contribution < -0.4 is 0 Å². The van der Waals surface area contributed by atoms with Crippen molar-refractivity contribution in [3.05, 3.63) is 69.3 Å². The van der Waals surface area contributed by atoms with Crippen LogP contribution >= 0.6 is 23.2 Å². The number of amides is 1. The summed E-state index contributed by atoms with van der Waals surface area (Å²) in [7, 11) is 0. The predicted octanol–water partition coefficient (Wildman–Crippen LogP) is 9.27. The fraction of sp³-hybridized carbons (Fsp3) is 0.514. The molecule has 0 saturated carbocycles. The lowest BCUT2D eigenvalue weighted by molar-refractivity contribution is 0.00684. The van der Waals surface area contributed by atoms with Gasteiger partial charge in [-0.05, 0) is 116 Å². The van der Waals surface area contributed by atoms with Gasteiger partial charge in [0.1, 0.15) is 16.8 Å². The van der Waals surface area contributed by atoms with Crippen LogP contribution in [0.5, 0.6) is 0 Å². The van der Waals surface area contributed by atoms with E-state index in [-0.39, 0.29) is 17.9 Å². The first-order valence-corrected chi connectivity index (χ1v) is 16.0. The lowest BCUT2D eigenvalue weighted by Crippen LogP contribution is -2.45. The van der Waals surface area contributed by atoms with E-state index in [4.69, 9.17) is 37.4 Å². The molecule has 1 fully saturated rings. The largest absolute Gasteiger partial charge is 0.456 e. The molecular formula is C35H44Cl2N2O6. The highest BCUT2D eigenvalue weighted by molar-refractivity contribution is 6.39. The number of hydrogen-bond donors (Lipinski definition) is 0. The highest BCUT2D eigenvalue weighted by Crippen LogP contribution is 2.41. The first-order valence-electron chi connectivity index (χ1n) is 15.2. The quantitative estimate of drug-likeness (QED) is 0.205. The first-order chi connectivity index (χ1) is 20.7. The van der Waals surface area contributed by atoms with Gasteiger partial charge in [-0.25, -0.2) is 14.4 Å². The van der Waals surface area contributed by atoms with Gasteiger partial charge < -0.3 is 19.1 Å². The van der Waals surface area contributed by atoms with E-state index >= 15 is 0 Å². The van der Waals surface area contributed by atoms with Gasteiger partial charge in [0, 0.05) is 35.6 Å². The SMILES string of the molecule is CC(C)(C)OC(=O)c1ccc([C@@H]2CN(C(=O)OC(C)(C)C)CC[C@H]2Cc2c(Cl)cc(Cl)c3c2ccn3C(=O)OC(C)(C)C)cc1. The van der Waals surface area contributed by atoms with Crippen molar-refractivity contribution in [1.29, 1.82) is 0 Å². The molecule has 0 radical (unpaired) electrons. The molecule has 1 amide bonds. The van der Waals surface area contributed by atoms with Crippen molar-refractivity contribution in [2.24, 2.45) is 5.92 Å². The Hall–Kier alpha value is -3.23. The molecule has 1 aromatic heterocycles. The van der Waals surface area contributed by atoms with Gasteiger partial charge in [-0.15, -0.1) is 0 Å². The van der Waals surface area contributed by atoms with Crippen LogP contribution in [0.2, 0.25) is 10.0 Å². The molecule has 45 heavy (non-hydrogen) atoms. The van der Waals surface area contributed by atoms with E-state index in [9.17, 15) is 14.4 Å². The number of ether oxygens (including phenoxy) is 3. The summed E-state index contributed by atoms with van der Waals surface area (Å²) in [6.45, 7) is 17.4. The zero-order chi connectivity index (χ0) is 33.5. The lowest BCUT2D eigenvalue weighted by atomic mass is 9.77. The number of esters is 1. The maximum Gasteiger partial charge on any atom is 0.419 e. The summed E-state index contributed by atoms with van der Waals surface area (Å²) >= 11 is 13.5. The Labute approximate surface area is 275 Å². The van der Waals surface area contributed by atoms with Gasteiger partial charge in [0.2, 0.25) is 0 Å². The second-order valence-corrected chi connectivity index (χ2v) is 15.5. The number of likely N-dealkylation sites (tertiary alicyclic amines) is 1. The number of rotatable bonds is 4. The summed E-state index contributed by atoms with van der Waals surface area (Å²) in [4.78, 5) is 40.6. The molecule has 0 spiro atoms. The van der Waals surface area contributed by atoms with Gasteiger partial charge in [-0.2, -0.15) is 0 Å². The fourth-order valence-corrected chi connectivity index (χ4v) is 6.21. The van der Waals surface area contributed by atoms with Crippen LogP contribution in [0.1, 0.15) is 96.1 Å². The molecule has 0 unspecified atom stereocenters. The van der Waals surface area contributed by atoms with Crippen LogP contribution in [0.4, 0.5) is 9.59 Å². The molecule has 4 rings (SSSR count). The number of hydrogen-bond acceptors (Lipinski definition) is 6. The van der Waals surface area contributed by atoms with Crippen LogP contribution in [0.15, 0.2) is 42.6 Å². The molecule has 1 aliphatic heterocycles. The summed E-state index contributed by atoms with van der Waals surface area (Å²) in [5.74, 6) is -0.411. The smallest absolute Gasteiger partial charge is 0.419 e. The molecule has 8 nitrogen and oxygen atoms in total. The van der Waals surface area contributed by atoms with E-state index in [1.165, 1.54) is 4.57 Å². The Bertz CT molecular complexity index is 1580. The lowest BCUT2D eigenvalue weighted by Gasteiger charge is -2.39. The molecule has 1 aliphatic rings. The summed E-state index contributed by atoms with van der Waals surface area (Å²) < 4.78 is 18.3. The van der Waals surface area contributed by atoms with Crippen molar-refractivity contribution < 1.29 is 28.6 Å². The summed E-state index contributed by atoms with van der Waals surface area (Å²) in [5, 5.41) is 1.62. The Kier molecular flexibility index (Phi) is 9.91. The minimum Gasteiger partial charge on any atom is -0.456 e. The van der Waals surface area contributed by atoms with E-state index < -0.39 is 28.9 Å². The van der Waals surface area contributed by atoms with Crippen molar-refractivity contribution >= 4 is 52.3 Å². The number of halogens is 2. The number of carbonyl (C=O) groups is 3. The van der Waals surface area contributed by atoms with Gasteiger partial charge in [-0.1, -0.05) is 35.3 Å². The molecule has 244 valence electrons. The molecule has 2 aromatic carbocycles. The highest BCUT2D eigenvalue weighted by atomic mass is 35.5. The summed E-state index contributed by atoms with van der Waals surface area (Å²) in [5.41, 5.74) is 0.930. The van der Waals surface area contributed by atoms with E-state index in [2.05, 4.69) is 0 Å². The van der Waals surface area contributed by atoms with Gasteiger partial charge in [-0.3, -0.25) is 4.57 Å². The monoisotopic (exact) mass is 658 g/mol. The number of benzene rings is 2. The molecule has 0 aliphatic carbocycles. The van der Waals surface area contributed by atoms with Crippen LogP contribution in [0.25, 0.3) is 10.9 Å². The van der Waals surface area contributed by atoms with Gasteiger partial charge in [0.15, 0.2) is 0 Å². The molecule has 3 aromatic rings. The zero-order valence-corrected chi connectivity index (χ0v) is 29.1. The Balaban J connectivity index is 1.70. The number of nitrogens with zero attached hydrogens (tertiary/aromatic N) is 2. The maximum absolute atomic E-state index is 13.1.